The normalized spacial score (nSPS) is 26.1. The zero-order chi connectivity index (χ0) is 10.7. The molecule has 3 nitrogen and oxygen atoms in total. The van der Waals surface area contributed by atoms with Gasteiger partial charge in [0.05, 0.1) is 6.10 Å². The Bertz CT molecular complexity index is 345. The molecule has 2 N–H and O–H groups in total. The van der Waals surface area contributed by atoms with Crippen molar-refractivity contribution in [3.63, 3.8) is 0 Å². The van der Waals surface area contributed by atoms with Crippen LogP contribution >= 0.6 is 0 Å². The molecule has 3 heteroatoms. The van der Waals surface area contributed by atoms with E-state index in [2.05, 4.69) is 4.89 Å². The summed E-state index contributed by atoms with van der Waals surface area (Å²) in [5.74, 6) is 0. The van der Waals surface area contributed by atoms with Crippen LogP contribution in [0, 0.1) is 0 Å². The number of aliphatic hydroxyl groups excluding tert-OH is 1. The number of rotatable bonds is 2. The molecule has 1 aliphatic rings. The summed E-state index contributed by atoms with van der Waals surface area (Å²) in [6.45, 7) is 0. The van der Waals surface area contributed by atoms with Gasteiger partial charge < -0.3 is 5.11 Å². The van der Waals surface area contributed by atoms with Crippen molar-refractivity contribution in [3.8, 4) is 0 Å². The van der Waals surface area contributed by atoms with E-state index in [0.717, 1.165) is 17.6 Å². The van der Waals surface area contributed by atoms with Crippen molar-refractivity contribution in [2.45, 2.75) is 25.0 Å². The third kappa shape index (κ3) is 2.09. The second-order valence-electron chi connectivity index (χ2n) is 3.70. The molecular weight excluding hydrogens is 192 g/mol. The third-order valence-electron chi connectivity index (χ3n) is 2.70. The van der Waals surface area contributed by atoms with Gasteiger partial charge in [-0.15, -0.1) is 0 Å². The molecule has 2 rings (SSSR count). The fraction of sp³-hybridized carbons (Fsp3) is 0.333. The highest BCUT2D eigenvalue weighted by atomic mass is 17.1. The predicted octanol–water partition coefficient (Wildman–Crippen LogP) is 2.08. The lowest BCUT2D eigenvalue weighted by molar-refractivity contribution is -0.280. The summed E-state index contributed by atoms with van der Waals surface area (Å²) in [7, 11) is 0. The molecule has 1 aromatic rings. The van der Waals surface area contributed by atoms with Crippen molar-refractivity contribution < 1.29 is 15.3 Å². The molecule has 15 heavy (non-hydrogen) atoms. The van der Waals surface area contributed by atoms with Gasteiger partial charge in [-0.25, -0.2) is 4.89 Å². The first kappa shape index (κ1) is 10.4. The van der Waals surface area contributed by atoms with Crippen LogP contribution in [0.4, 0.5) is 0 Å². The standard InChI is InChI=1S/C12H14O3/c13-11-8-4-7-10(12(11)15-14)9-5-2-1-3-6-9/h1-3,5-7,11-14H,4,8H2/t11-,12?/m0/s1. The van der Waals surface area contributed by atoms with E-state index in [9.17, 15) is 5.11 Å². The van der Waals surface area contributed by atoms with Crippen LogP contribution in [0.1, 0.15) is 18.4 Å². The smallest absolute Gasteiger partial charge is 0.144 e. The van der Waals surface area contributed by atoms with Gasteiger partial charge in [-0.3, -0.25) is 5.26 Å². The van der Waals surface area contributed by atoms with Crippen LogP contribution in [-0.2, 0) is 4.89 Å². The molecule has 0 aromatic heterocycles. The van der Waals surface area contributed by atoms with Crippen LogP contribution < -0.4 is 0 Å². The Labute approximate surface area is 88.6 Å². The van der Waals surface area contributed by atoms with Crippen LogP contribution in [0.15, 0.2) is 36.4 Å². The van der Waals surface area contributed by atoms with Crippen molar-refractivity contribution in [1.29, 1.82) is 0 Å². The lowest BCUT2D eigenvalue weighted by atomic mass is 9.89. The predicted molar refractivity (Wildman–Crippen MR) is 57.2 cm³/mol. The molecule has 80 valence electrons. The SMILES string of the molecule is OOC1C(c2ccccc2)=CCC[C@@H]1O. The maximum Gasteiger partial charge on any atom is 0.144 e. The molecule has 1 aromatic carbocycles. The minimum atomic E-state index is -0.629. The maximum atomic E-state index is 9.67. The summed E-state index contributed by atoms with van der Waals surface area (Å²) < 4.78 is 0. The van der Waals surface area contributed by atoms with E-state index in [1.807, 2.05) is 36.4 Å². The lowest BCUT2D eigenvalue weighted by Gasteiger charge is -2.26. The van der Waals surface area contributed by atoms with Crippen LogP contribution in [0.3, 0.4) is 0 Å². The van der Waals surface area contributed by atoms with Gasteiger partial charge in [-0.2, -0.15) is 0 Å². The summed E-state index contributed by atoms with van der Waals surface area (Å²) in [4.78, 5) is 4.35. The molecule has 0 saturated heterocycles. The van der Waals surface area contributed by atoms with E-state index >= 15 is 0 Å². The Morgan fingerprint density at radius 1 is 1.20 bits per heavy atom. The van der Waals surface area contributed by atoms with Crippen LogP contribution in [0.5, 0.6) is 0 Å². The highest BCUT2D eigenvalue weighted by Crippen LogP contribution is 2.29. The zero-order valence-electron chi connectivity index (χ0n) is 8.34. The average Bonchev–Trinajstić information content (AvgIpc) is 2.30. The Morgan fingerprint density at radius 2 is 1.93 bits per heavy atom. The topological polar surface area (TPSA) is 49.7 Å². The number of allylic oxidation sites excluding steroid dienone is 1. The largest absolute Gasteiger partial charge is 0.390 e. The third-order valence-corrected chi connectivity index (χ3v) is 2.70. The number of hydrogen-bond acceptors (Lipinski definition) is 3. The number of aliphatic hydroxyl groups is 1. The molecule has 2 atom stereocenters. The van der Waals surface area contributed by atoms with Gasteiger partial charge in [0.25, 0.3) is 0 Å². The second kappa shape index (κ2) is 4.57. The van der Waals surface area contributed by atoms with E-state index in [0.29, 0.717) is 6.42 Å². The minimum Gasteiger partial charge on any atom is -0.390 e. The van der Waals surface area contributed by atoms with Gasteiger partial charge in [0.2, 0.25) is 0 Å². The van der Waals surface area contributed by atoms with Crippen molar-refractivity contribution >= 4 is 5.57 Å². The molecule has 0 bridgehead atoms. The highest BCUT2D eigenvalue weighted by molar-refractivity contribution is 5.70. The van der Waals surface area contributed by atoms with Crippen molar-refractivity contribution in [2.75, 3.05) is 0 Å². The van der Waals surface area contributed by atoms with Gasteiger partial charge in [-0.1, -0.05) is 36.4 Å². The average molecular weight is 206 g/mol. The van der Waals surface area contributed by atoms with Crippen LogP contribution in [0.25, 0.3) is 5.57 Å². The second-order valence-corrected chi connectivity index (χ2v) is 3.70. The molecule has 0 radical (unpaired) electrons. The van der Waals surface area contributed by atoms with E-state index < -0.39 is 12.2 Å². The number of benzene rings is 1. The maximum absolute atomic E-state index is 9.67. The van der Waals surface area contributed by atoms with Gasteiger partial charge in [0.1, 0.15) is 6.10 Å². The summed E-state index contributed by atoms with van der Waals surface area (Å²) >= 11 is 0. The van der Waals surface area contributed by atoms with Gasteiger partial charge in [0, 0.05) is 0 Å². The molecule has 0 heterocycles. The first-order chi connectivity index (χ1) is 7.33. The Balaban J connectivity index is 2.31. The molecule has 1 unspecified atom stereocenters. The summed E-state index contributed by atoms with van der Waals surface area (Å²) in [5, 5.41) is 18.5. The van der Waals surface area contributed by atoms with Crippen molar-refractivity contribution in [1.82, 2.24) is 0 Å². The van der Waals surface area contributed by atoms with Crippen LogP contribution in [0.2, 0.25) is 0 Å². The van der Waals surface area contributed by atoms with Gasteiger partial charge in [0.15, 0.2) is 0 Å². The summed E-state index contributed by atoms with van der Waals surface area (Å²) in [5.41, 5.74) is 1.84. The van der Waals surface area contributed by atoms with Gasteiger partial charge >= 0.3 is 0 Å². The molecule has 0 aliphatic heterocycles. The fourth-order valence-corrected chi connectivity index (χ4v) is 1.92. The quantitative estimate of drug-likeness (QED) is 0.575. The number of hydrogen-bond donors (Lipinski definition) is 2. The summed E-state index contributed by atoms with van der Waals surface area (Å²) in [6.07, 6.45) is 2.19. The molecule has 0 spiro atoms. The lowest BCUT2D eigenvalue weighted by Crippen LogP contribution is -2.31. The fourth-order valence-electron chi connectivity index (χ4n) is 1.92. The Morgan fingerprint density at radius 3 is 2.60 bits per heavy atom. The Kier molecular flexibility index (Phi) is 3.16. The summed E-state index contributed by atoms with van der Waals surface area (Å²) in [6, 6.07) is 9.65. The monoisotopic (exact) mass is 206 g/mol. The van der Waals surface area contributed by atoms with Crippen molar-refractivity contribution in [2.24, 2.45) is 0 Å². The van der Waals surface area contributed by atoms with E-state index in [1.165, 1.54) is 0 Å². The van der Waals surface area contributed by atoms with E-state index in [-0.39, 0.29) is 0 Å². The highest BCUT2D eigenvalue weighted by Gasteiger charge is 2.28. The molecule has 0 saturated carbocycles. The molecule has 1 aliphatic carbocycles. The Hall–Kier alpha value is -1.16. The molecular formula is C12H14O3. The zero-order valence-corrected chi connectivity index (χ0v) is 8.34. The van der Waals surface area contributed by atoms with E-state index in [1.54, 1.807) is 0 Å². The van der Waals surface area contributed by atoms with Gasteiger partial charge in [-0.05, 0) is 24.0 Å². The van der Waals surface area contributed by atoms with Crippen molar-refractivity contribution in [3.05, 3.63) is 42.0 Å². The molecule has 0 amide bonds. The van der Waals surface area contributed by atoms with Crippen LogP contribution in [-0.4, -0.2) is 22.6 Å². The molecule has 0 fully saturated rings. The first-order valence-electron chi connectivity index (χ1n) is 5.06. The minimum absolute atomic E-state index is 0.624. The van der Waals surface area contributed by atoms with E-state index in [4.69, 9.17) is 5.26 Å². The first-order valence-corrected chi connectivity index (χ1v) is 5.06.